The minimum Gasteiger partial charge on any atom is -0.504 e. The van der Waals surface area contributed by atoms with Gasteiger partial charge in [0.2, 0.25) is 0 Å². The lowest BCUT2D eigenvalue weighted by Crippen LogP contribution is -1.85. The summed E-state index contributed by atoms with van der Waals surface area (Å²) in [5, 5.41) is 18.7. The summed E-state index contributed by atoms with van der Waals surface area (Å²) in [6.07, 6.45) is 5.18. The van der Waals surface area contributed by atoms with E-state index in [0.29, 0.717) is 17.6 Å². The highest BCUT2D eigenvalue weighted by molar-refractivity contribution is 5.93. The van der Waals surface area contributed by atoms with Crippen molar-refractivity contribution in [2.75, 3.05) is 7.11 Å². The number of H-pyrrole nitrogens is 1. The van der Waals surface area contributed by atoms with E-state index in [9.17, 15) is 9.59 Å². The van der Waals surface area contributed by atoms with Gasteiger partial charge in [-0.1, -0.05) is 18.2 Å². The number of carboxylic acids is 1. The number of methoxy groups -OCH3 is 1. The summed E-state index contributed by atoms with van der Waals surface area (Å²) in [5.41, 5.74) is 2.34. The second-order valence-corrected chi connectivity index (χ2v) is 5.01. The molecule has 3 aromatic rings. The fourth-order valence-electron chi connectivity index (χ4n) is 2.17. The topological polar surface area (TPSA) is 99.6 Å². The average Bonchev–Trinajstić information content (AvgIpc) is 3.03. The molecule has 3 rings (SSSR count). The lowest BCUT2D eigenvalue weighted by atomic mass is 10.1. The first-order chi connectivity index (χ1) is 12.0. The van der Waals surface area contributed by atoms with Crippen LogP contribution in [0.2, 0.25) is 0 Å². The molecule has 0 saturated carbocycles. The van der Waals surface area contributed by atoms with E-state index in [1.54, 1.807) is 24.4 Å². The number of nitrogens with one attached hydrogen (secondary N) is 1. The minimum atomic E-state index is -0.935. The Balaban J connectivity index is 0.000000186. The van der Waals surface area contributed by atoms with Crippen molar-refractivity contribution >= 4 is 29.2 Å². The molecule has 0 bridgehead atoms. The van der Waals surface area contributed by atoms with Crippen molar-refractivity contribution in [2.45, 2.75) is 0 Å². The summed E-state index contributed by atoms with van der Waals surface area (Å²) in [6.45, 7) is 0. The van der Waals surface area contributed by atoms with E-state index in [-0.39, 0.29) is 5.75 Å². The predicted molar refractivity (Wildman–Crippen MR) is 95.0 cm³/mol. The number of fused-ring (bicyclic) bond motifs is 1. The first-order valence-electron chi connectivity index (χ1n) is 7.34. The molecular weight excluding hydrogens is 322 g/mol. The van der Waals surface area contributed by atoms with Gasteiger partial charge in [0.15, 0.2) is 11.5 Å². The predicted octanol–water partition coefficient (Wildman–Crippen LogP) is 3.48. The van der Waals surface area contributed by atoms with Gasteiger partial charge in [-0.3, -0.25) is 4.79 Å². The molecule has 1 heterocycles. The van der Waals surface area contributed by atoms with Crippen LogP contribution in [0.1, 0.15) is 15.9 Å². The highest BCUT2D eigenvalue weighted by Crippen LogP contribution is 2.25. The first kappa shape index (κ1) is 17.8. The van der Waals surface area contributed by atoms with E-state index >= 15 is 0 Å². The number of carbonyl (C=O) groups excluding carboxylic acids is 1. The van der Waals surface area contributed by atoms with Crippen molar-refractivity contribution in [3.63, 3.8) is 0 Å². The van der Waals surface area contributed by atoms with E-state index < -0.39 is 5.97 Å². The molecule has 0 saturated heterocycles. The van der Waals surface area contributed by atoms with Crippen molar-refractivity contribution in [1.29, 1.82) is 0 Å². The van der Waals surface area contributed by atoms with Crippen LogP contribution in [0.15, 0.2) is 54.7 Å². The summed E-state index contributed by atoms with van der Waals surface area (Å²) in [4.78, 5) is 23.6. The number of benzene rings is 2. The lowest BCUT2D eigenvalue weighted by Gasteiger charge is -2.01. The molecule has 6 heteroatoms. The number of carbonyl (C=O) groups is 2. The van der Waals surface area contributed by atoms with Gasteiger partial charge in [-0.15, -0.1) is 0 Å². The van der Waals surface area contributed by atoms with E-state index in [2.05, 4.69) is 4.98 Å². The molecule has 0 aliphatic rings. The Labute approximate surface area is 144 Å². The van der Waals surface area contributed by atoms with Gasteiger partial charge in [0.05, 0.1) is 7.11 Å². The van der Waals surface area contributed by atoms with Crippen LogP contribution in [-0.2, 0) is 4.79 Å². The Hall–Kier alpha value is -3.54. The molecule has 0 aliphatic heterocycles. The second-order valence-electron chi connectivity index (χ2n) is 5.01. The summed E-state index contributed by atoms with van der Waals surface area (Å²) in [7, 11) is 1.45. The molecule has 25 heavy (non-hydrogen) atoms. The number of aromatic hydroxyl groups is 1. The molecule has 0 unspecified atom stereocenters. The van der Waals surface area contributed by atoms with Gasteiger partial charge in [-0.25, -0.2) is 4.79 Å². The number of hydrogen-bond donors (Lipinski definition) is 3. The number of aldehydes is 1. The fourth-order valence-corrected chi connectivity index (χ4v) is 2.17. The Kier molecular flexibility index (Phi) is 5.95. The Morgan fingerprint density at radius 3 is 2.60 bits per heavy atom. The molecule has 6 nitrogen and oxygen atoms in total. The molecule has 128 valence electrons. The minimum absolute atomic E-state index is 0.0166. The van der Waals surface area contributed by atoms with Crippen molar-refractivity contribution in [3.05, 3.63) is 65.9 Å². The number of ether oxygens (including phenoxy) is 1. The third-order valence-electron chi connectivity index (χ3n) is 3.37. The smallest absolute Gasteiger partial charge is 0.328 e. The molecular formula is C19H17NO5. The van der Waals surface area contributed by atoms with E-state index in [1.807, 2.05) is 24.3 Å². The maximum absolute atomic E-state index is 10.3. The van der Waals surface area contributed by atoms with Crippen molar-refractivity contribution < 1.29 is 24.5 Å². The largest absolute Gasteiger partial charge is 0.504 e. The van der Waals surface area contributed by atoms with Gasteiger partial charge in [0.25, 0.3) is 0 Å². The van der Waals surface area contributed by atoms with E-state index in [4.69, 9.17) is 14.9 Å². The average molecular weight is 339 g/mol. The molecule has 3 N–H and O–H groups in total. The monoisotopic (exact) mass is 339 g/mol. The molecule has 0 spiro atoms. The maximum Gasteiger partial charge on any atom is 0.328 e. The molecule has 0 atom stereocenters. The van der Waals surface area contributed by atoms with Gasteiger partial charge in [-0.05, 0) is 35.9 Å². The zero-order chi connectivity index (χ0) is 18.2. The number of aliphatic carboxylic acids is 1. The third-order valence-corrected chi connectivity index (χ3v) is 3.37. The number of carboxylic acid groups (broad SMARTS) is 1. The standard InChI is InChI=1S/C11H9NO2.C8H8O3/c13-11(14)6-5-8-7-12-10-4-2-1-3-9(8)10;1-11-8-3-2-6(5-9)4-7(8)10/h1-7,12H,(H,13,14);2-5,10H,1H3. The maximum atomic E-state index is 10.3. The van der Waals surface area contributed by atoms with Crippen LogP contribution in [0, 0.1) is 0 Å². The first-order valence-corrected chi connectivity index (χ1v) is 7.34. The number of rotatable bonds is 4. The summed E-state index contributed by atoms with van der Waals surface area (Å²) in [6, 6.07) is 12.2. The number of phenolic OH excluding ortho intramolecular Hbond substituents is 1. The zero-order valence-corrected chi connectivity index (χ0v) is 13.5. The molecule has 0 fully saturated rings. The van der Waals surface area contributed by atoms with Crippen molar-refractivity contribution in [1.82, 2.24) is 4.98 Å². The molecule has 0 aliphatic carbocycles. The zero-order valence-electron chi connectivity index (χ0n) is 13.5. The number of para-hydroxylation sites is 1. The SMILES string of the molecule is COc1ccc(C=O)cc1O.O=C(O)C=Cc1c[nH]c2ccccc12. The number of aromatic amines is 1. The molecule has 2 aromatic carbocycles. The van der Waals surface area contributed by atoms with Crippen LogP contribution >= 0.6 is 0 Å². The van der Waals surface area contributed by atoms with Crippen LogP contribution in [0.5, 0.6) is 11.5 Å². The van der Waals surface area contributed by atoms with Crippen LogP contribution < -0.4 is 4.74 Å². The highest BCUT2D eigenvalue weighted by Gasteiger charge is 2.00. The van der Waals surface area contributed by atoms with Gasteiger partial charge < -0.3 is 19.9 Å². The summed E-state index contributed by atoms with van der Waals surface area (Å²) < 4.78 is 4.78. The van der Waals surface area contributed by atoms with Crippen LogP contribution in [-0.4, -0.2) is 34.6 Å². The second kappa shape index (κ2) is 8.35. The summed E-state index contributed by atoms with van der Waals surface area (Å²) in [5.74, 6) is -0.581. The Morgan fingerprint density at radius 1 is 1.20 bits per heavy atom. The van der Waals surface area contributed by atoms with Gasteiger partial charge >= 0.3 is 5.97 Å². The number of hydrogen-bond acceptors (Lipinski definition) is 4. The molecule has 0 amide bonds. The Morgan fingerprint density at radius 2 is 1.96 bits per heavy atom. The number of phenols is 1. The number of aromatic nitrogens is 1. The van der Waals surface area contributed by atoms with Crippen LogP contribution in [0.3, 0.4) is 0 Å². The highest BCUT2D eigenvalue weighted by atomic mass is 16.5. The van der Waals surface area contributed by atoms with E-state index in [0.717, 1.165) is 22.5 Å². The van der Waals surface area contributed by atoms with Crippen LogP contribution in [0.25, 0.3) is 17.0 Å². The van der Waals surface area contributed by atoms with Gasteiger partial charge in [-0.2, -0.15) is 0 Å². The molecule has 0 radical (unpaired) electrons. The fraction of sp³-hybridized carbons (Fsp3) is 0.0526. The lowest BCUT2D eigenvalue weighted by molar-refractivity contribution is -0.131. The van der Waals surface area contributed by atoms with Crippen molar-refractivity contribution in [2.24, 2.45) is 0 Å². The van der Waals surface area contributed by atoms with Crippen molar-refractivity contribution in [3.8, 4) is 11.5 Å². The third kappa shape index (κ3) is 4.71. The van der Waals surface area contributed by atoms with Gasteiger partial charge in [0.1, 0.15) is 6.29 Å². The van der Waals surface area contributed by atoms with E-state index in [1.165, 1.54) is 13.2 Å². The van der Waals surface area contributed by atoms with Gasteiger partial charge in [0, 0.05) is 28.7 Å². The normalized spacial score (nSPS) is 10.3. The Bertz CT molecular complexity index is 911. The summed E-state index contributed by atoms with van der Waals surface area (Å²) >= 11 is 0. The quantitative estimate of drug-likeness (QED) is 0.499. The van der Waals surface area contributed by atoms with Crippen LogP contribution in [0.4, 0.5) is 0 Å². The molecule has 1 aromatic heterocycles.